The number of carbonyl (C=O) groups is 1. The van der Waals surface area contributed by atoms with Crippen LogP contribution in [0.3, 0.4) is 0 Å². The molecule has 1 amide bonds. The maximum Gasteiger partial charge on any atom is 0.248 e. The lowest BCUT2D eigenvalue weighted by molar-refractivity contribution is -0.128. The Hall–Kier alpha value is -1.75. The molecular weight excluding hydrogens is 266 g/mol. The monoisotopic (exact) mass is 289 g/mol. The largest absolute Gasteiger partial charge is 0.395 e. The minimum absolute atomic E-state index is 0.124. The van der Waals surface area contributed by atoms with Crippen molar-refractivity contribution in [2.75, 3.05) is 23.5 Å². The maximum absolute atomic E-state index is 12.0. The van der Waals surface area contributed by atoms with E-state index in [1.165, 1.54) is 25.7 Å². The van der Waals surface area contributed by atoms with E-state index in [-0.39, 0.29) is 12.5 Å². The van der Waals surface area contributed by atoms with Crippen LogP contribution < -0.4 is 15.8 Å². The second-order valence-corrected chi connectivity index (χ2v) is 6.39. The third kappa shape index (κ3) is 2.70. The average molecular weight is 289 g/mol. The molecule has 1 aliphatic carbocycles. The number of aliphatic hydroxyl groups excluding tert-OH is 1. The lowest BCUT2D eigenvalue weighted by atomic mass is 9.92. The van der Waals surface area contributed by atoms with Gasteiger partial charge in [0, 0.05) is 6.04 Å². The van der Waals surface area contributed by atoms with Crippen molar-refractivity contribution < 1.29 is 9.90 Å². The standard InChI is InChI=1S/C16H23N3O2/c1-16(11-20)10-19(18-15(16)21)14-9-5-4-8-13(14)17-12-6-2-3-7-12/h4-5,8-9,12,17,20H,2-3,6-7,10-11H2,1H3,(H,18,21). The van der Waals surface area contributed by atoms with Gasteiger partial charge in [-0.15, -0.1) is 0 Å². The lowest BCUT2D eigenvalue weighted by Crippen LogP contribution is -2.34. The smallest absolute Gasteiger partial charge is 0.248 e. The van der Waals surface area contributed by atoms with Gasteiger partial charge in [-0.1, -0.05) is 25.0 Å². The van der Waals surface area contributed by atoms with Crippen molar-refractivity contribution in [2.24, 2.45) is 5.41 Å². The van der Waals surface area contributed by atoms with Crippen LogP contribution in [0.15, 0.2) is 24.3 Å². The summed E-state index contributed by atoms with van der Waals surface area (Å²) in [4.78, 5) is 12.0. The van der Waals surface area contributed by atoms with Crippen LogP contribution in [0.1, 0.15) is 32.6 Å². The highest BCUT2D eigenvalue weighted by Crippen LogP contribution is 2.33. The number of aliphatic hydroxyl groups is 1. The van der Waals surface area contributed by atoms with Crippen LogP contribution in [0, 0.1) is 5.41 Å². The molecule has 1 aromatic rings. The molecule has 5 nitrogen and oxygen atoms in total. The molecule has 3 rings (SSSR count). The molecule has 1 saturated heterocycles. The van der Waals surface area contributed by atoms with Crippen molar-refractivity contribution in [2.45, 2.75) is 38.6 Å². The van der Waals surface area contributed by atoms with Crippen LogP contribution in [0.2, 0.25) is 0 Å². The minimum Gasteiger partial charge on any atom is -0.395 e. The molecule has 1 aromatic carbocycles. The zero-order valence-electron chi connectivity index (χ0n) is 12.4. The Morgan fingerprint density at radius 3 is 2.76 bits per heavy atom. The van der Waals surface area contributed by atoms with Gasteiger partial charge in [0.15, 0.2) is 0 Å². The Bertz CT molecular complexity index is 528. The molecule has 21 heavy (non-hydrogen) atoms. The summed E-state index contributed by atoms with van der Waals surface area (Å²) < 4.78 is 0. The van der Waals surface area contributed by atoms with Crippen LogP contribution in [-0.4, -0.2) is 30.2 Å². The van der Waals surface area contributed by atoms with Crippen molar-refractivity contribution in [1.82, 2.24) is 5.43 Å². The summed E-state index contributed by atoms with van der Waals surface area (Å²) in [5, 5.41) is 14.9. The average Bonchev–Trinajstić information content (AvgIpc) is 3.09. The van der Waals surface area contributed by atoms with E-state index in [4.69, 9.17) is 0 Å². The van der Waals surface area contributed by atoms with E-state index in [1.54, 1.807) is 6.92 Å². The molecule has 1 aliphatic heterocycles. The number of para-hydroxylation sites is 2. The molecule has 0 spiro atoms. The molecule has 0 aromatic heterocycles. The van der Waals surface area contributed by atoms with Gasteiger partial charge in [-0.3, -0.25) is 15.2 Å². The Morgan fingerprint density at radius 2 is 2.10 bits per heavy atom. The van der Waals surface area contributed by atoms with Gasteiger partial charge in [0.1, 0.15) is 0 Å². The van der Waals surface area contributed by atoms with Crippen molar-refractivity contribution in [3.05, 3.63) is 24.3 Å². The lowest BCUT2D eigenvalue weighted by Gasteiger charge is -2.24. The quantitative estimate of drug-likeness (QED) is 0.792. The Morgan fingerprint density at radius 1 is 1.38 bits per heavy atom. The van der Waals surface area contributed by atoms with Gasteiger partial charge in [0.2, 0.25) is 5.91 Å². The zero-order valence-corrected chi connectivity index (χ0v) is 12.4. The maximum atomic E-state index is 12.0. The van der Waals surface area contributed by atoms with Crippen LogP contribution in [-0.2, 0) is 4.79 Å². The number of amides is 1. The molecule has 0 radical (unpaired) electrons. The highest BCUT2D eigenvalue weighted by Gasteiger charge is 2.42. The molecule has 3 N–H and O–H groups in total. The van der Waals surface area contributed by atoms with Crippen molar-refractivity contribution in [3.63, 3.8) is 0 Å². The third-order valence-corrected chi connectivity index (χ3v) is 4.55. The first kappa shape index (κ1) is 14.2. The molecule has 1 unspecified atom stereocenters. The fraction of sp³-hybridized carbons (Fsp3) is 0.562. The van der Waals surface area contributed by atoms with E-state index in [0.717, 1.165) is 11.4 Å². The summed E-state index contributed by atoms with van der Waals surface area (Å²) in [5.74, 6) is -0.124. The number of hydrogen-bond donors (Lipinski definition) is 3. The van der Waals surface area contributed by atoms with Gasteiger partial charge < -0.3 is 10.4 Å². The molecule has 114 valence electrons. The highest BCUT2D eigenvalue weighted by molar-refractivity contribution is 5.89. The number of anilines is 2. The Balaban J connectivity index is 1.81. The van der Waals surface area contributed by atoms with Gasteiger partial charge in [-0.05, 0) is 31.9 Å². The summed E-state index contributed by atoms with van der Waals surface area (Å²) in [6.45, 7) is 2.12. The fourth-order valence-corrected chi connectivity index (χ4v) is 3.11. The number of rotatable bonds is 4. The van der Waals surface area contributed by atoms with Gasteiger partial charge >= 0.3 is 0 Å². The second kappa shape index (κ2) is 5.56. The first-order valence-corrected chi connectivity index (χ1v) is 7.67. The fourth-order valence-electron chi connectivity index (χ4n) is 3.11. The SMILES string of the molecule is CC1(CO)CN(c2ccccc2NC2CCCC2)NC1=O. The third-order valence-electron chi connectivity index (χ3n) is 4.55. The predicted molar refractivity (Wildman–Crippen MR) is 83.0 cm³/mol. The Kier molecular flexibility index (Phi) is 3.76. The number of carbonyl (C=O) groups excluding carboxylic acids is 1. The number of hydrazine groups is 1. The van der Waals surface area contributed by atoms with Crippen LogP contribution >= 0.6 is 0 Å². The second-order valence-electron chi connectivity index (χ2n) is 6.39. The van der Waals surface area contributed by atoms with Crippen molar-refractivity contribution in [3.8, 4) is 0 Å². The first-order chi connectivity index (χ1) is 10.1. The van der Waals surface area contributed by atoms with E-state index in [2.05, 4.69) is 16.8 Å². The summed E-state index contributed by atoms with van der Waals surface area (Å²) in [7, 11) is 0. The summed E-state index contributed by atoms with van der Waals surface area (Å²) in [5.41, 5.74) is 4.15. The predicted octanol–water partition coefficient (Wildman–Crippen LogP) is 1.89. The van der Waals surface area contributed by atoms with Crippen LogP contribution in [0.4, 0.5) is 11.4 Å². The molecule has 5 heteroatoms. The van der Waals surface area contributed by atoms with Crippen molar-refractivity contribution in [1.29, 1.82) is 0 Å². The number of nitrogens with one attached hydrogen (secondary N) is 2. The molecule has 1 saturated carbocycles. The number of nitrogens with zero attached hydrogens (tertiary/aromatic N) is 1. The van der Waals surface area contributed by atoms with Crippen LogP contribution in [0.25, 0.3) is 0 Å². The van der Waals surface area contributed by atoms with Gasteiger partial charge in [0.05, 0.1) is 29.9 Å². The molecule has 2 aliphatic rings. The van der Waals surface area contributed by atoms with E-state index in [1.807, 2.05) is 23.2 Å². The van der Waals surface area contributed by atoms with Crippen LogP contribution in [0.5, 0.6) is 0 Å². The summed E-state index contributed by atoms with van der Waals surface area (Å²) >= 11 is 0. The molecule has 2 fully saturated rings. The molecule has 0 bridgehead atoms. The number of hydrogen-bond acceptors (Lipinski definition) is 4. The Labute approximate surface area is 125 Å². The normalized spacial score (nSPS) is 26.2. The molecular formula is C16H23N3O2. The summed E-state index contributed by atoms with van der Waals surface area (Å²) in [6, 6.07) is 8.54. The van der Waals surface area contributed by atoms with Gasteiger partial charge in [-0.2, -0.15) is 0 Å². The van der Waals surface area contributed by atoms with E-state index in [9.17, 15) is 9.90 Å². The number of benzene rings is 1. The highest BCUT2D eigenvalue weighted by atomic mass is 16.3. The van der Waals surface area contributed by atoms with E-state index >= 15 is 0 Å². The van der Waals surface area contributed by atoms with E-state index in [0.29, 0.717) is 12.6 Å². The summed E-state index contributed by atoms with van der Waals surface area (Å²) in [6.07, 6.45) is 4.97. The minimum atomic E-state index is -0.736. The van der Waals surface area contributed by atoms with Crippen molar-refractivity contribution >= 4 is 17.3 Å². The molecule has 1 atom stereocenters. The first-order valence-electron chi connectivity index (χ1n) is 7.67. The topological polar surface area (TPSA) is 64.6 Å². The van der Waals surface area contributed by atoms with Gasteiger partial charge in [0.25, 0.3) is 0 Å². The van der Waals surface area contributed by atoms with Gasteiger partial charge in [-0.25, -0.2) is 0 Å². The zero-order chi connectivity index (χ0) is 14.9. The molecule has 1 heterocycles. The van der Waals surface area contributed by atoms with E-state index < -0.39 is 5.41 Å².